The summed E-state index contributed by atoms with van der Waals surface area (Å²) in [5.41, 5.74) is 7.89. The molecule has 3 aromatic rings. The van der Waals surface area contributed by atoms with Crippen LogP contribution in [-0.2, 0) is 0 Å². The first-order chi connectivity index (χ1) is 8.25. The van der Waals surface area contributed by atoms with E-state index in [4.69, 9.17) is 17.3 Å². The van der Waals surface area contributed by atoms with Gasteiger partial charge in [-0.25, -0.2) is 15.0 Å². The first kappa shape index (κ1) is 10.4. The monoisotopic (exact) mass is 262 g/mol. The SMILES string of the molecule is Nc1cccc(Cl)c1-c1nc2nccnc2s1. The highest BCUT2D eigenvalue weighted by molar-refractivity contribution is 7.21. The molecule has 0 fully saturated rings. The zero-order chi connectivity index (χ0) is 11.8. The lowest BCUT2D eigenvalue weighted by atomic mass is 10.2. The molecule has 2 aromatic heterocycles. The molecule has 3 rings (SSSR count). The predicted octanol–water partition coefficient (Wildman–Crippen LogP) is 2.99. The summed E-state index contributed by atoms with van der Waals surface area (Å²) in [4.78, 5) is 13.5. The van der Waals surface area contributed by atoms with Gasteiger partial charge in [-0.05, 0) is 12.1 Å². The largest absolute Gasteiger partial charge is 0.398 e. The maximum Gasteiger partial charge on any atom is 0.190 e. The second kappa shape index (κ2) is 3.94. The fraction of sp³-hybridized carbons (Fsp3) is 0. The van der Waals surface area contributed by atoms with Crippen molar-refractivity contribution < 1.29 is 0 Å². The third-order valence-electron chi connectivity index (χ3n) is 2.31. The van der Waals surface area contributed by atoms with Gasteiger partial charge in [0, 0.05) is 18.1 Å². The molecule has 0 saturated carbocycles. The minimum Gasteiger partial charge on any atom is -0.398 e. The van der Waals surface area contributed by atoms with E-state index in [0.717, 1.165) is 15.4 Å². The van der Waals surface area contributed by atoms with Gasteiger partial charge in [0.25, 0.3) is 0 Å². The zero-order valence-corrected chi connectivity index (χ0v) is 10.2. The van der Waals surface area contributed by atoms with Gasteiger partial charge in [0.05, 0.1) is 10.6 Å². The minimum atomic E-state index is 0.587. The molecule has 0 amide bonds. The average molecular weight is 263 g/mol. The first-order valence-corrected chi connectivity index (χ1v) is 6.07. The molecule has 6 heteroatoms. The van der Waals surface area contributed by atoms with Crippen molar-refractivity contribution in [1.82, 2.24) is 15.0 Å². The van der Waals surface area contributed by atoms with Crippen molar-refractivity contribution in [2.75, 3.05) is 5.73 Å². The van der Waals surface area contributed by atoms with Crippen LogP contribution in [0.2, 0.25) is 5.02 Å². The summed E-state index contributed by atoms with van der Waals surface area (Å²) < 4.78 is 0. The number of benzene rings is 1. The Labute approximate surface area is 106 Å². The standard InChI is InChI=1S/C11H7ClN4S/c12-6-2-1-3-7(13)8(6)10-16-9-11(17-10)15-5-4-14-9/h1-5H,13H2. The van der Waals surface area contributed by atoms with Crippen LogP contribution in [0.25, 0.3) is 21.0 Å². The number of thiazole rings is 1. The van der Waals surface area contributed by atoms with Crippen LogP contribution in [0.3, 0.4) is 0 Å². The molecule has 0 saturated heterocycles. The number of rotatable bonds is 1. The topological polar surface area (TPSA) is 64.7 Å². The Bertz CT molecular complexity index is 642. The van der Waals surface area contributed by atoms with Crippen LogP contribution in [0.5, 0.6) is 0 Å². The molecule has 0 aliphatic carbocycles. The summed E-state index contributed by atoms with van der Waals surface area (Å²) in [5.74, 6) is 0. The number of nitrogens with two attached hydrogens (primary N) is 1. The van der Waals surface area contributed by atoms with E-state index in [0.29, 0.717) is 16.4 Å². The molecule has 0 spiro atoms. The van der Waals surface area contributed by atoms with Gasteiger partial charge in [-0.3, -0.25) is 0 Å². The Kier molecular flexibility index (Phi) is 2.42. The Balaban J connectivity index is 2.27. The summed E-state index contributed by atoms with van der Waals surface area (Å²) in [6.07, 6.45) is 3.25. The molecular formula is C11H7ClN4S. The number of hydrogen-bond donors (Lipinski definition) is 1. The lowest BCUT2D eigenvalue weighted by molar-refractivity contribution is 1.26. The fourth-order valence-electron chi connectivity index (χ4n) is 1.55. The van der Waals surface area contributed by atoms with E-state index in [1.807, 2.05) is 6.07 Å². The molecule has 0 unspecified atom stereocenters. The summed E-state index contributed by atoms with van der Waals surface area (Å²) in [7, 11) is 0. The molecule has 0 radical (unpaired) electrons. The van der Waals surface area contributed by atoms with E-state index in [1.54, 1.807) is 24.5 Å². The third kappa shape index (κ3) is 1.73. The maximum absolute atomic E-state index is 6.14. The van der Waals surface area contributed by atoms with Crippen molar-refractivity contribution in [2.45, 2.75) is 0 Å². The predicted molar refractivity (Wildman–Crippen MR) is 70.1 cm³/mol. The number of halogens is 1. The summed E-state index contributed by atoms with van der Waals surface area (Å²) >= 11 is 7.57. The normalized spacial score (nSPS) is 10.9. The molecule has 0 aliphatic rings. The minimum absolute atomic E-state index is 0.587. The average Bonchev–Trinajstić information content (AvgIpc) is 2.71. The van der Waals surface area contributed by atoms with E-state index in [9.17, 15) is 0 Å². The van der Waals surface area contributed by atoms with Crippen molar-refractivity contribution in [3.63, 3.8) is 0 Å². The fourth-order valence-corrected chi connectivity index (χ4v) is 2.83. The van der Waals surface area contributed by atoms with Crippen molar-refractivity contribution >= 4 is 39.1 Å². The highest BCUT2D eigenvalue weighted by Crippen LogP contribution is 2.36. The Morgan fingerprint density at radius 1 is 1.18 bits per heavy atom. The van der Waals surface area contributed by atoms with Crippen LogP contribution in [0, 0.1) is 0 Å². The molecule has 0 bridgehead atoms. The summed E-state index contributed by atoms with van der Waals surface area (Å²) in [6.45, 7) is 0. The first-order valence-electron chi connectivity index (χ1n) is 4.87. The number of nitrogens with zero attached hydrogens (tertiary/aromatic N) is 3. The van der Waals surface area contributed by atoms with Crippen LogP contribution in [0.1, 0.15) is 0 Å². The van der Waals surface area contributed by atoms with Gasteiger partial charge in [-0.1, -0.05) is 29.0 Å². The highest BCUT2D eigenvalue weighted by Gasteiger charge is 2.13. The Morgan fingerprint density at radius 2 is 2.00 bits per heavy atom. The molecular weight excluding hydrogens is 256 g/mol. The van der Waals surface area contributed by atoms with E-state index < -0.39 is 0 Å². The van der Waals surface area contributed by atoms with Crippen LogP contribution in [-0.4, -0.2) is 15.0 Å². The lowest BCUT2D eigenvalue weighted by Crippen LogP contribution is -1.90. The van der Waals surface area contributed by atoms with Crippen molar-refractivity contribution in [3.05, 3.63) is 35.6 Å². The van der Waals surface area contributed by atoms with E-state index in [2.05, 4.69) is 15.0 Å². The van der Waals surface area contributed by atoms with Gasteiger partial charge in [-0.2, -0.15) is 0 Å². The lowest BCUT2D eigenvalue weighted by Gasteiger charge is -2.03. The molecule has 0 aliphatic heterocycles. The second-order valence-corrected chi connectivity index (χ2v) is 4.79. The van der Waals surface area contributed by atoms with Crippen LogP contribution in [0.15, 0.2) is 30.6 Å². The van der Waals surface area contributed by atoms with Crippen molar-refractivity contribution in [3.8, 4) is 10.6 Å². The van der Waals surface area contributed by atoms with Gasteiger partial charge in [-0.15, -0.1) is 0 Å². The number of anilines is 1. The second-order valence-electron chi connectivity index (χ2n) is 3.41. The smallest absolute Gasteiger partial charge is 0.190 e. The Morgan fingerprint density at radius 3 is 2.76 bits per heavy atom. The quantitative estimate of drug-likeness (QED) is 0.685. The molecule has 2 heterocycles. The van der Waals surface area contributed by atoms with Gasteiger partial charge in [0.2, 0.25) is 0 Å². The maximum atomic E-state index is 6.14. The van der Waals surface area contributed by atoms with E-state index >= 15 is 0 Å². The molecule has 0 atom stereocenters. The number of hydrogen-bond acceptors (Lipinski definition) is 5. The molecule has 2 N–H and O–H groups in total. The molecule has 17 heavy (non-hydrogen) atoms. The van der Waals surface area contributed by atoms with Crippen LogP contribution >= 0.6 is 22.9 Å². The van der Waals surface area contributed by atoms with E-state index in [-0.39, 0.29) is 0 Å². The van der Waals surface area contributed by atoms with Gasteiger partial charge in [0.1, 0.15) is 5.01 Å². The summed E-state index contributed by atoms with van der Waals surface area (Å²) in [6, 6.07) is 5.40. The highest BCUT2D eigenvalue weighted by atomic mass is 35.5. The Hall–Kier alpha value is -1.72. The summed E-state index contributed by atoms with van der Waals surface area (Å²) in [5, 5.41) is 1.33. The number of fused-ring (bicyclic) bond motifs is 1. The number of nitrogen functional groups attached to an aromatic ring is 1. The number of aromatic nitrogens is 3. The van der Waals surface area contributed by atoms with Gasteiger partial charge < -0.3 is 5.73 Å². The molecule has 1 aromatic carbocycles. The van der Waals surface area contributed by atoms with Gasteiger partial charge >= 0.3 is 0 Å². The van der Waals surface area contributed by atoms with Crippen LogP contribution in [0.4, 0.5) is 5.69 Å². The van der Waals surface area contributed by atoms with Crippen LogP contribution < -0.4 is 5.73 Å². The van der Waals surface area contributed by atoms with Crippen molar-refractivity contribution in [2.24, 2.45) is 0 Å². The zero-order valence-electron chi connectivity index (χ0n) is 8.59. The molecule has 84 valence electrons. The van der Waals surface area contributed by atoms with Crippen molar-refractivity contribution in [1.29, 1.82) is 0 Å². The van der Waals surface area contributed by atoms with E-state index in [1.165, 1.54) is 11.3 Å². The third-order valence-corrected chi connectivity index (χ3v) is 3.59. The molecule has 4 nitrogen and oxygen atoms in total. The van der Waals surface area contributed by atoms with Gasteiger partial charge in [0.15, 0.2) is 10.5 Å².